The van der Waals surface area contributed by atoms with Crippen LogP contribution in [0.1, 0.15) is 37.0 Å². The van der Waals surface area contributed by atoms with Crippen LogP contribution in [0, 0.1) is 25.6 Å². The van der Waals surface area contributed by atoms with Crippen LogP contribution in [-0.4, -0.2) is 9.97 Å². The number of rotatable bonds is 11. The number of nitrogens with zero attached hydrogens (tertiary/aromatic N) is 2. The molecule has 0 atom stereocenters. The summed E-state index contributed by atoms with van der Waals surface area (Å²) in [5.74, 6) is 0.246. The van der Waals surface area contributed by atoms with E-state index in [9.17, 15) is 0 Å². The second-order valence-corrected chi connectivity index (χ2v) is 8.58. The van der Waals surface area contributed by atoms with Crippen molar-refractivity contribution in [2.24, 2.45) is 0 Å². The van der Waals surface area contributed by atoms with Crippen molar-refractivity contribution < 1.29 is 4.39 Å². The molecule has 0 saturated heterocycles. The van der Waals surface area contributed by atoms with E-state index in [-0.39, 0.29) is 6.42 Å². The molecule has 200 valence electrons. The van der Waals surface area contributed by atoms with Crippen molar-refractivity contribution in [3.63, 3.8) is 0 Å². The summed E-state index contributed by atoms with van der Waals surface area (Å²) in [6.07, 6.45) is 17.8. The van der Waals surface area contributed by atoms with Crippen LogP contribution in [0.5, 0.6) is 0 Å². The first-order valence-electron chi connectivity index (χ1n) is 12.5. The number of terminal acetylenes is 1. The maximum atomic E-state index is 15.8. The number of benzene rings is 1. The number of halogens is 1. The second-order valence-electron chi connectivity index (χ2n) is 8.58. The van der Waals surface area contributed by atoms with Crippen LogP contribution in [0.3, 0.4) is 0 Å². The minimum atomic E-state index is -0.392. The van der Waals surface area contributed by atoms with Crippen LogP contribution in [0.2, 0.25) is 0 Å². The van der Waals surface area contributed by atoms with Crippen LogP contribution in [0.4, 0.5) is 15.9 Å². The minimum absolute atomic E-state index is 0.195. The topological polar surface area (TPSA) is 75.9 Å². The van der Waals surface area contributed by atoms with E-state index in [4.69, 9.17) is 5.73 Å². The zero-order valence-electron chi connectivity index (χ0n) is 22.9. The molecular weight excluding hydrogens is 485 g/mol. The number of aromatic nitrogens is 2. The van der Waals surface area contributed by atoms with Gasteiger partial charge in [-0.1, -0.05) is 38.8 Å². The Balaban J connectivity index is 0.00000260. The predicted octanol–water partition coefficient (Wildman–Crippen LogP) is 7.58. The van der Waals surface area contributed by atoms with E-state index in [1.165, 1.54) is 0 Å². The average Bonchev–Trinajstić information content (AvgIpc) is 2.96. The lowest BCUT2D eigenvalue weighted by Gasteiger charge is -2.17. The van der Waals surface area contributed by atoms with Crippen LogP contribution < -0.4 is 16.4 Å². The van der Waals surface area contributed by atoms with Gasteiger partial charge in [-0.15, -0.1) is 12.8 Å². The number of anilines is 2. The molecule has 3 rings (SSSR count). The normalized spacial score (nSPS) is 11.1. The summed E-state index contributed by atoms with van der Waals surface area (Å²) >= 11 is 0. The van der Waals surface area contributed by atoms with Crippen molar-refractivity contribution in [2.45, 2.75) is 33.6 Å². The van der Waals surface area contributed by atoms with Crippen molar-refractivity contribution >= 4 is 17.1 Å². The fourth-order valence-corrected chi connectivity index (χ4v) is 3.85. The molecule has 0 amide bonds. The zero-order valence-corrected chi connectivity index (χ0v) is 22.9. The number of nitrogens with two attached hydrogens (primary N) is 1. The third-order valence-electron chi connectivity index (χ3n) is 6.01. The van der Waals surface area contributed by atoms with Crippen LogP contribution >= 0.6 is 0 Å². The van der Waals surface area contributed by atoms with Crippen LogP contribution in [0.15, 0.2) is 104 Å². The van der Waals surface area contributed by atoms with E-state index in [0.29, 0.717) is 33.9 Å². The minimum Gasteiger partial charge on any atom is -0.398 e. The highest BCUT2D eigenvalue weighted by atomic mass is 19.1. The summed E-state index contributed by atoms with van der Waals surface area (Å²) in [5, 5.41) is 6.44. The van der Waals surface area contributed by atoms with Crippen molar-refractivity contribution in [3.8, 4) is 24.1 Å². The van der Waals surface area contributed by atoms with Crippen molar-refractivity contribution in [1.29, 1.82) is 0 Å². The highest BCUT2D eigenvalue weighted by Gasteiger charge is 2.16. The van der Waals surface area contributed by atoms with Crippen LogP contribution in [-0.2, 0) is 6.42 Å². The van der Waals surface area contributed by atoms with E-state index in [0.717, 1.165) is 34.6 Å². The molecule has 2 aromatic heterocycles. The SMILES string of the molecule is C#C.C=C/C(=C\C(=C/C)c1ccc(N)c(CC(=C)Nc2nccc(-c3ccccn3)c2C)c1F)NC(=C)CC. The summed E-state index contributed by atoms with van der Waals surface area (Å²) in [7, 11) is 0. The molecule has 0 unspecified atom stereocenters. The lowest BCUT2D eigenvalue weighted by atomic mass is 9.97. The number of hydrogen-bond acceptors (Lipinski definition) is 5. The Kier molecular flexibility index (Phi) is 11.5. The van der Waals surface area contributed by atoms with Gasteiger partial charge in [0.05, 0.1) is 5.69 Å². The number of allylic oxidation sites excluding steroid dienone is 6. The van der Waals surface area contributed by atoms with Gasteiger partial charge in [-0.25, -0.2) is 9.37 Å². The number of nitrogens with one attached hydrogen (secondary N) is 2. The molecule has 0 aliphatic carbocycles. The molecule has 0 spiro atoms. The molecule has 0 saturated carbocycles. The average molecular weight is 522 g/mol. The first-order valence-corrected chi connectivity index (χ1v) is 12.5. The van der Waals surface area contributed by atoms with Gasteiger partial charge >= 0.3 is 0 Å². The van der Waals surface area contributed by atoms with Gasteiger partial charge in [-0.05, 0) is 68.3 Å². The maximum Gasteiger partial charge on any atom is 0.136 e. The standard InChI is InChI=1S/C31H34FN5.C2H2/c1-7-20(4)36-24(9-3)19-23(8-2)26-13-14-28(33)27(30(26)32)18-21(5)37-31-22(6)25(15-17-35-31)29-12-10-11-16-34-29;1-2/h8-17,19,36H,3-5,7,18,33H2,1-2,6H3,(H,35,37);1-2H/b23-8+,24-19+;. The van der Waals surface area contributed by atoms with E-state index in [1.54, 1.807) is 30.6 Å². The molecule has 0 aliphatic heterocycles. The van der Waals surface area contributed by atoms with E-state index in [2.05, 4.69) is 53.2 Å². The lowest BCUT2D eigenvalue weighted by molar-refractivity contribution is 0.611. The fourth-order valence-electron chi connectivity index (χ4n) is 3.85. The largest absolute Gasteiger partial charge is 0.398 e. The molecule has 0 fully saturated rings. The Morgan fingerprint density at radius 3 is 2.44 bits per heavy atom. The number of nitrogen functional groups attached to an aromatic ring is 1. The van der Waals surface area contributed by atoms with Gasteiger partial charge in [0.25, 0.3) is 0 Å². The molecule has 3 aromatic rings. The number of hydrogen-bond donors (Lipinski definition) is 3. The molecule has 1 aromatic carbocycles. The smallest absolute Gasteiger partial charge is 0.136 e. The summed E-state index contributed by atoms with van der Waals surface area (Å²) in [6.45, 7) is 17.8. The summed E-state index contributed by atoms with van der Waals surface area (Å²) < 4.78 is 15.8. The van der Waals surface area contributed by atoms with Crippen molar-refractivity contribution in [1.82, 2.24) is 15.3 Å². The van der Waals surface area contributed by atoms with Gasteiger partial charge in [-0.2, -0.15) is 0 Å². The van der Waals surface area contributed by atoms with Gasteiger partial charge in [0, 0.05) is 63.8 Å². The lowest BCUT2D eigenvalue weighted by Crippen LogP contribution is -2.11. The Morgan fingerprint density at radius 2 is 1.82 bits per heavy atom. The van der Waals surface area contributed by atoms with E-state index >= 15 is 4.39 Å². The third kappa shape index (κ3) is 7.80. The summed E-state index contributed by atoms with van der Waals surface area (Å²) in [6, 6.07) is 11.1. The second kappa shape index (κ2) is 14.7. The van der Waals surface area contributed by atoms with E-state index < -0.39 is 5.82 Å². The summed E-state index contributed by atoms with van der Waals surface area (Å²) in [4.78, 5) is 8.89. The third-order valence-corrected chi connectivity index (χ3v) is 6.01. The molecule has 5 nitrogen and oxygen atoms in total. The maximum absolute atomic E-state index is 15.8. The van der Waals surface area contributed by atoms with Crippen molar-refractivity contribution in [2.75, 3.05) is 11.1 Å². The molecule has 0 aliphatic rings. The fraction of sp³-hybridized carbons (Fsp3) is 0.152. The Bertz CT molecular complexity index is 1410. The highest BCUT2D eigenvalue weighted by Crippen LogP contribution is 2.30. The van der Waals surface area contributed by atoms with Gasteiger partial charge < -0.3 is 16.4 Å². The molecule has 6 heteroatoms. The highest BCUT2D eigenvalue weighted by molar-refractivity contribution is 5.77. The quantitative estimate of drug-likeness (QED) is 0.138. The Morgan fingerprint density at radius 1 is 1.08 bits per heavy atom. The molecule has 39 heavy (non-hydrogen) atoms. The number of pyridine rings is 2. The Hall–Kier alpha value is -4.89. The van der Waals surface area contributed by atoms with Gasteiger partial charge in [0.2, 0.25) is 0 Å². The van der Waals surface area contributed by atoms with E-state index in [1.807, 2.05) is 57.2 Å². The van der Waals surface area contributed by atoms with Gasteiger partial charge in [0.15, 0.2) is 0 Å². The first-order chi connectivity index (χ1) is 18.8. The van der Waals surface area contributed by atoms with Crippen molar-refractivity contribution in [3.05, 3.63) is 126 Å². The zero-order chi connectivity index (χ0) is 28.9. The van der Waals surface area contributed by atoms with Gasteiger partial charge in [0.1, 0.15) is 11.6 Å². The summed E-state index contributed by atoms with van der Waals surface area (Å²) in [5.41, 5.74) is 13.0. The molecule has 0 radical (unpaired) electrons. The molecule has 0 bridgehead atoms. The van der Waals surface area contributed by atoms with Gasteiger partial charge in [-0.3, -0.25) is 4.98 Å². The van der Waals surface area contributed by atoms with Crippen LogP contribution in [0.25, 0.3) is 16.8 Å². The predicted molar refractivity (Wildman–Crippen MR) is 164 cm³/mol. The molecule has 4 N–H and O–H groups in total. The molecular formula is C33H36FN5. The first kappa shape index (κ1) is 30.3. The molecule has 2 heterocycles. The Labute approximate surface area is 231 Å². The monoisotopic (exact) mass is 521 g/mol.